The van der Waals surface area contributed by atoms with Crippen molar-refractivity contribution in [2.24, 2.45) is 0 Å². The number of benzene rings is 2. The Labute approximate surface area is 218 Å². The Kier molecular flexibility index (Phi) is 7.48. The van der Waals surface area contributed by atoms with E-state index in [1.165, 1.54) is 35.7 Å². The summed E-state index contributed by atoms with van der Waals surface area (Å²) in [5.74, 6) is -0.986. The average molecular weight is 527 g/mol. The second-order valence-corrected chi connectivity index (χ2v) is 12.0. The quantitative estimate of drug-likeness (QED) is 0.392. The first-order valence-corrected chi connectivity index (χ1v) is 13.9. The Balaban J connectivity index is 1.51. The van der Waals surface area contributed by atoms with Crippen LogP contribution in [0.15, 0.2) is 59.1 Å². The highest BCUT2D eigenvalue weighted by atomic mass is 32.2. The molecule has 4 rings (SSSR count). The first kappa shape index (κ1) is 26.9. The number of sulfonamides is 1. The number of allylic oxidation sites excluding steroid dienone is 1. The molecule has 8 nitrogen and oxygen atoms in total. The van der Waals surface area contributed by atoms with E-state index < -0.39 is 22.6 Å². The lowest BCUT2D eigenvalue weighted by Crippen LogP contribution is -2.42. The van der Waals surface area contributed by atoms with Crippen LogP contribution < -0.4 is 9.64 Å². The van der Waals surface area contributed by atoms with E-state index in [2.05, 4.69) is 0 Å². The van der Waals surface area contributed by atoms with Gasteiger partial charge in [-0.25, -0.2) is 13.2 Å². The van der Waals surface area contributed by atoms with Crippen LogP contribution in [0.5, 0.6) is 5.75 Å². The van der Waals surface area contributed by atoms with Crippen LogP contribution in [0.3, 0.4) is 0 Å². The summed E-state index contributed by atoms with van der Waals surface area (Å²) in [6.45, 7) is 5.92. The van der Waals surface area contributed by atoms with Crippen molar-refractivity contribution in [1.82, 2.24) is 4.31 Å². The maximum atomic E-state index is 13.4. The summed E-state index contributed by atoms with van der Waals surface area (Å²) < 4.78 is 38.9. The van der Waals surface area contributed by atoms with Crippen molar-refractivity contribution in [3.8, 4) is 5.75 Å². The highest BCUT2D eigenvalue weighted by Crippen LogP contribution is 2.46. The number of methoxy groups -OCH3 is 1. The zero-order chi connectivity index (χ0) is 27.0. The van der Waals surface area contributed by atoms with Gasteiger partial charge in [-0.3, -0.25) is 4.79 Å². The van der Waals surface area contributed by atoms with Gasteiger partial charge in [0.05, 0.1) is 12.7 Å². The molecule has 0 N–H and O–H groups in total. The molecule has 1 unspecified atom stereocenters. The molecule has 0 aliphatic carbocycles. The van der Waals surface area contributed by atoms with Crippen LogP contribution in [0.4, 0.5) is 5.69 Å². The first-order chi connectivity index (χ1) is 17.5. The number of fused-ring (bicyclic) bond motifs is 1. The lowest BCUT2D eigenvalue weighted by atomic mass is 9.83. The predicted octanol–water partition coefficient (Wildman–Crippen LogP) is 4.30. The Morgan fingerprint density at radius 2 is 1.86 bits per heavy atom. The fraction of sp³-hybridized carbons (Fsp3) is 0.429. The molecule has 2 aromatic carbocycles. The second-order valence-electron chi connectivity index (χ2n) is 10.1. The number of nitrogens with zero attached hydrogens (tertiary/aromatic N) is 2. The Morgan fingerprint density at radius 1 is 1.14 bits per heavy atom. The number of carbonyl (C=O) groups excluding carboxylic acids is 2. The van der Waals surface area contributed by atoms with E-state index in [1.54, 1.807) is 0 Å². The van der Waals surface area contributed by atoms with Gasteiger partial charge in [-0.1, -0.05) is 38.5 Å². The van der Waals surface area contributed by atoms with Gasteiger partial charge < -0.3 is 14.4 Å². The molecule has 0 radical (unpaired) electrons. The third-order valence-corrected chi connectivity index (χ3v) is 9.35. The van der Waals surface area contributed by atoms with Gasteiger partial charge in [0.1, 0.15) is 10.6 Å². The van der Waals surface area contributed by atoms with Crippen molar-refractivity contribution in [3.05, 3.63) is 65.4 Å². The topological polar surface area (TPSA) is 93.2 Å². The summed E-state index contributed by atoms with van der Waals surface area (Å²) in [7, 11) is -0.593. The van der Waals surface area contributed by atoms with Crippen molar-refractivity contribution in [3.63, 3.8) is 0 Å². The van der Waals surface area contributed by atoms with Gasteiger partial charge in [-0.2, -0.15) is 4.31 Å². The van der Waals surface area contributed by atoms with Crippen molar-refractivity contribution in [2.75, 3.05) is 32.2 Å². The molecule has 2 aromatic rings. The van der Waals surface area contributed by atoms with Crippen LogP contribution in [0.1, 0.15) is 56.0 Å². The largest absolute Gasteiger partial charge is 0.495 e. The van der Waals surface area contributed by atoms with Gasteiger partial charge in [0.2, 0.25) is 10.0 Å². The Bertz CT molecular complexity index is 1350. The Morgan fingerprint density at radius 3 is 2.54 bits per heavy atom. The second kappa shape index (κ2) is 10.3. The molecule has 2 heterocycles. The van der Waals surface area contributed by atoms with Gasteiger partial charge in [-0.15, -0.1) is 0 Å². The first-order valence-electron chi connectivity index (χ1n) is 12.4. The summed E-state index contributed by atoms with van der Waals surface area (Å²) in [5.41, 5.74) is 2.61. The molecule has 1 saturated heterocycles. The van der Waals surface area contributed by atoms with Gasteiger partial charge in [-0.05, 0) is 49.6 Å². The minimum absolute atomic E-state index is 0.0372. The monoisotopic (exact) mass is 526 g/mol. The van der Waals surface area contributed by atoms with Gasteiger partial charge in [0.15, 0.2) is 12.4 Å². The molecule has 1 atom stereocenters. The highest BCUT2D eigenvalue weighted by Gasteiger charge is 2.38. The van der Waals surface area contributed by atoms with Crippen molar-refractivity contribution < 1.29 is 27.5 Å². The molecular weight excluding hydrogens is 492 g/mol. The molecule has 198 valence electrons. The molecule has 0 aromatic heterocycles. The number of likely N-dealkylation sites (N-methyl/N-ethyl adjacent to an activating group) is 1. The van der Waals surface area contributed by atoms with E-state index in [0.717, 1.165) is 36.2 Å². The van der Waals surface area contributed by atoms with Crippen molar-refractivity contribution in [2.45, 2.75) is 56.4 Å². The molecule has 1 fully saturated rings. The maximum Gasteiger partial charge on any atom is 0.338 e. The number of para-hydroxylation sites is 1. The average Bonchev–Trinajstić information content (AvgIpc) is 3.07. The summed E-state index contributed by atoms with van der Waals surface area (Å²) >= 11 is 0. The van der Waals surface area contributed by atoms with Gasteiger partial charge in [0.25, 0.3) is 0 Å². The summed E-state index contributed by atoms with van der Waals surface area (Å²) in [6, 6.07) is 12.0. The molecule has 0 amide bonds. The minimum Gasteiger partial charge on any atom is -0.495 e. The number of rotatable bonds is 7. The van der Waals surface area contributed by atoms with E-state index >= 15 is 0 Å². The van der Waals surface area contributed by atoms with E-state index in [4.69, 9.17) is 9.47 Å². The number of piperidine rings is 1. The van der Waals surface area contributed by atoms with E-state index in [9.17, 15) is 18.0 Å². The number of ketones is 1. The van der Waals surface area contributed by atoms with Crippen LogP contribution in [0, 0.1) is 0 Å². The fourth-order valence-electron chi connectivity index (χ4n) is 5.23. The standard InChI is InChI=1S/C28H34N2O6S/c1-19-10-8-9-15-30(19)37(33,34)25-16-20(13-14-24(25)35-5)27(32)36-18-21(31)17-26-28(2,3)22-11-6-7-12-23(22)29(26)4/h6-7,11-14,16-17,19H,8-10,15,18H2,1-5H3/b26-17+. The summed E-state index contributed by atoms with van der Waals surface area (Å²) in [5, 5.41) is 0. The molecule has 37 heavy (non-hydrogen) atoms. The lowest BCUT2D eigenvalue weighted by Gasteiger charge is -2.32. The van der Waals surface area contributed by atoms with E-state index in [0.29, 0.717) is 6.54 Å². The fourth-order valence-corrected chi connectivity index (χ4v) is 7.12. The molecule has 0 saturated carbocycles. The summed E-state index contributed by atoms with van der Waals surface area (Å²) in [4.78, 5) is 27.5. The molecular formula is C28H34N2O6S. The number of anilines is 1. The molecule has 0 spiro atoms. The highest BCUT2D eigenvalue weighted by molar-refractivity contribution is 7.89. The van der Waals surface area contributed by atoms with E-state index in [-0.39, 0.29) is 33.4 Å². The van der Waals surface area contributed by atoms with Crippen LogP contribution in [0.2, 0.25) is 0 Å². The van der Waals surface area contributed by atoms with Crippen LogP contribution >= 0.6 is 0 Å². The molecule has 9 heteroatoms. The third-order valence-electron chi connectivity index (χ3n) is 7.31. The van der Waals surface area contributed by atoms with Crippen molar-refractivity contribution in [1.29, 1.82) is 0 Å². The molecule has 0 bridgehead atoms. The maximum absolute atomic E-state index is 13.4. The normalized spacial score (nSPS) is 20.5. The van der Waals surface area contributed by atoms with Crippen LogP contribution in [-0.4, -0.2) is 57.8 Å². The summed E-state index contributed by atoms with van der Waals surface area (Å²) in [6.07, 6.45) is 4.04. The number of hydrogen-bond acceptors (Lipinski definition) is 7. The zero-order valence-electron chi connectivity index (χ0n) is 22.0. The Hall–Kier alpha value is -3.17. The minimum atomic E-state index is -3.88. The molecule has 2 aliphatic heterocycles. The zero-order valence-corrected chi connectivity index (χ0v) is 22.8. The predicted molar refractivity (Wildman–Crippen MR) is 141 cm³/mol. The number of carbonyl (C=O) groups is 2. The third kappa shape index (κ3) is 5.02. The SMILES string of the molecule is COc1ccc(C(=O)OCC(=O)/C=C2/N(C)c3ccccc3C2(C)C)cc1S(=O)(=O)N1CCCCC1C. The lowest BCUT2D eigenvalue weighted by molar-refractivity contribution is -0.117. The number of esters is 1. The van der Waals surface area contributed by atoms with E-state index in [1.807, 2.05) is 57.0 Å². The van der Waals surface area contributed by atoms with Crippen molar-refractivity contribution >= 4 is 27.5 Å². The smallest absolute Gasteiger partial charge is 0.338 e. The number of hydrogen-bond donors (Lipinski definition) is 0. The van der Waals surface area contributed by atoms with Crippen LogP contribution in [0.25, 0.3) is 0 Å². The number of ether oxygens (including phenoxy) is 2. The van der Waals surface area contributed by atoms with Gasteiger partial charge >= 0.3 is 5.97 Å². The van der Waals surface area contributed by atoms with Crippen LogP contribution in [-0.2, 0) is 25.0 Å². The van der Waals surface area contributed by atoms with Gasteiger partial charge in [0, 0.05) is 42.5 Å². The molecule has 2 aliphatic rings.